The molecule has 0 aromatic heterocycles. The number of aryl methyl sites for hydroxylation is 1. The van der Waals surface area contributed by atoms with E-state index in [1.54, 1.807) is 0 Å². The summed E-state index contributed by atoms with van der Waals surface area (Å²) in [4.78, 5) is 11.1. The minimum absolute atomic E-state index is 0.197. The topological polar surface area (TPSA) is 49.7 Å². The normalized spacial score (nSPS) is 10.5. The van der Waals surface area contributed by atoms with Crippen LogP contribution in [0.2, 0.25) is 0 Å². The number of benzene rings is 1. The summed E-state index contributed by atoms with van der Waals surface area (Å²) < 4.78 is 0. The number of carbonyl (C=O) groups is 1. The molecule has 3 nitrogen and oxygen atoms in total. The average Bonchev–Trinajstić information content (AvgIpc) is 2.09. The molecule has 1 rings (SSSR count). The molecular weight excluding hydrogens is 166 g/mol. The molecule has 0 spiro atoms. The highest BCUT2D eigenvalue weighted by Crippen LogP contribution is 2.07. The quantitative estimate of drug-likeness (QED) is 0.432. The summed E-state index contributed by atoms with van der Waals surface area (Å²) in [6.45, 7) is 1.94. The molecule has 0 unspecified atom stereocenters. The molecule has 0 heterocycles. The highest BCUT2D eigenvalue weighted by molar-refractivity contribution is 6.27. The maximum absolute atomic E-state index is 11.1. The molecule has 0 saturated carbocycles. The molecule has 0 fully saturated rings. The smallest absolute Gasteiger partial charge is 0.181 e. The van der Waals surface area contributed by atoms with Gasteiger partial charge in [-0.1, -0.05) is 29.4 Å². The van der Waals surface area contributed by atoms with Crippen LogP contribution in [0.25, 0.3) is 0 Å². The van der Waals surface area contributed by atoms with Crippen molar-refractivity contribution in [2.45, 2.75) is 13.3 Å². The Morgan fingerprint density at radius 1 is 1.54 bits per heavy atom. The molecule has 0 atom stereocenters. The van der Waals surface area contributed by atoms with Crippen molar-refractivity contribution in [1.29, 1.82) is 0 Å². The third kappa shape index (κ3) is 2.71. The second-order valence-electron chi connectivity index (χ2n) is 2.81. The van der Waals surface area contributed by atoms with Crippen molar-refractivity contribution in [3.05, 3.63) is 35.4 Å². The van der Waals surface area contributed by atoms with Gasteiger partial charge in [0.15, 0.2) is 5.78 Å². The van der Waals surface area contributed by atoms with Gasteiger partial charge < -0.3 is 5.21 Å². The molecule has 68 valence electrons. The number of hydrogen-bond donors (Lipinski definition) is 1. The van der Waals surface area contributed by atoms with Crippen LogP contribution in [-0.4, -0.2) is 17.2 Å². The van der Waals surface area contributed by atoms with Gasteiger partial charge in [0.1, 0.15) is 6.21 Å². The number of ketones is 1. The van der Waals surface area contributed by atoms with Crippen molar-refractivity contribution < 1.29 is 10.0 Å². The summed E-state index contributed by atoms with van der Waals surface area (Å²) in [6.07, 6.45) is 1.21. The summed E-state index contributed by atoms with van der Waals surface area (Å²) in [6, 6.07) is 7.63. The number of nitrogens with zero attached hydrogens (tertiary/aromatic N) is 1. The van der Waals surface area contributed by atoms with Crippen molar-refractivity contribution in [2.75, 3.05) is 0 Å². The van der Waals surface area contributed by atoms with E-state index in [0.29, 0.717) is 0 Å². The number of rotatable bonds is 3. The highest BCUT2D eigenvalue weighted by atomic mass is 16.4. The third-order valence-corrected chi connectivity index (χ3v) is 1.83. The van der Waals surface area contributed by atoms with Gasteiger partial charge in [0, 0.05) is 6.42 Å². The van der Waals surface area contributed by atoms with E-state index in [4.69, 9.17) is 5.21 Å². The van der Waals surface area contributed by atoms with E-state index in [2.05, 4.69) is 5.16 Å². The molecule has 1 aromatic carbocycles. The molecule has 1 aromatic rings. The summed E-state index contributed by atoms with van der Waals surface area (Å²) in [5.74, 6) is -0.197. The summed E-state index contributed by atoms with van der Waals surface area (Å²) >= 11 is 0. The van der Waals surface area contributed by atoms with E-state index in [0.717, 1.165) is 17.3 Å². The van der Waals surface area contributed by atoms with Crippen LogP contribution in [0.4, 0.5) is 0 Å². The van der Waals surface area contributed by atoms with Crippen LogP contribution in [0, 0.1) is 6.92 Å². The molecule has 0 bridgehead atoms. The van der Waals surface area contributed by atoms with E-state index < -0.39 is 0 Å². The van der Waals surface area contributed by atoms with Crippen LogP contribution in [0.15, 0.2) is 29.4 Å². The molecule has 3 heteroatoms. The molecular formula is C10H11NO2. The number of carbonyl (C=O) groups excluding carboxylic acids is 1. The van der Waals surface area contributed by atoms with E-state index in [-0.39, 0.29) is 12.2 Å². The van der Waals surface area contributed by atoms with Gasteiger partial charge in [0.2, 0.25) is 0 Å². The monoisotopic (exact) mass is 177 g/mol. The van der Waals surface area contributed by atoms with E-state index in [1.165, 1.54) is 0 Å². The number of oxime groups is 1. The van der Waals surface area contributed by atoms with Gasteiger partial charge in [-0.2, -0.15) is 0 Å². The Morgan fingerprint density at radius 2 is 2.23 bits per heavy atom. The first-order valence-electron chi connectivity index (χ1n) is 3.99. The van der Waals surface area contributed by atoms with Crippen molar-refractivity contribution in [3.8, 4) is 0 Å². The van der Waals surface area contributed by atoms with Crippen LogP contribution >= 0.6 is 0 Å². The van der Waals surface area contributed by atoms with Crippen LogP contribution in [0.3, 0.4) is 0 Å². The standard InChI is InChI=1S/C10H11NO2/c1-8-4-2-3-5-9(8)6-10(12)7-11-13/h2-5,7,13H,6H2,1H3/b11-7-. The molecule has 13 heavy (non-hydrogen) atoms. The first-order chi connectivity index (χ1) is 6.24. The minimum atomic E-state index is -0.197. The lowest BCUT2D eigenvalue weighted by molar-refractivity contribution is -0.112. The second-order valence-corrected chi connectivity index (χ2v) is 2.81. The van der Waals surface area contributed by atoms with Crippen LogP contribution in [0.1, 0.15) is 11.1 Å². The van der Waals surface area contributed by atoms with Gasteiger partial charge >= 0.3 is 0 Å². The number of Topliss-reactive ketones (excluding diaryl/α,β-unsaturated/α-hetero) is 1. The lowest BCUT2D eigenvalue weighted by atomic mass is 10.0. The Morgan fingerprint density at radius 3 is 2.85 bits per heavy atom. The minimum Gasteiger partial charge on any atom is -0.411 e. The SMILES string of the molecule is Cc1ccccc1CC(=O)/C=N\O. The molecule has 0 aliphatic rings. The Kier molecular flexibility index (Phi) is 3.20. The largest absolute Gasteiger partial charge is 0.411 e. The maximum Gasteiger partial charge on any atom is 0.181 e. The van der Waals surface area contributed by atoms with Gasteiger partial charge in [0.05, 0.1) is 0 Å². The molecule has 0 aliphatic heterocycles. The predicted octanol–water partition coefficient (Wildman–Crippen LogP) is 1.57. The first kappa shape index (κ1) is 9.45. The van der Waals surface area contributed by atoms with Crippen molar-refractivity contribution in [3.63, 3.8) is 0 Å². The van der Waals surface area contributed by atoms with Gasteiger partial charge in [-0.05, 0) is 18.1 Å². The fraction of sp³-hybridized carbons (Fsp3) is 0.200. The Balaban J connectivity index is 2.74. The zero-order chi connectivity index (χ0) is 9.68. The Bertz CT molecular complexity index is 331. The van der Waals surface area contributed by atoms with Crippen molar-refractivity contribution in [1.82, 2.24) is 0 Å². The highest BCUT2D eigenvalue weighted by Gasteiger charge is 2.02. The average molecular weight is 177 g/mol. The molecule has 0 amide bonds. The molecule has 0 aliphatic carbocycles. The van der Waals surface area contributed by atoms with E-state index in [9.17, 15) is 4.79 Å². The van der Waals surface area contributed by atoms with Crippen molar-refractivity contribution >= 4 is 12.0 Å². The summed E-state index contributed by atoms with van der Waals surface area (Å²) in [7, 11) is 0. The fourth-order valence-corrected chi connectivity index (χ4v) is 1.11. The maximum atomic E-state index is 11.1. The number of hydrogen-bond acceptors (Lipinski definition) is 3. The first-order valence-corrected chi connectivity index (χ1v) is 3.99. The summed E-state index contributed by atoms with van der Waals surface area (Å²) in [5, 5.41) is 10.8. The van der Waals surface area contributed by atoms with Crippen LogP contribution in [-0.2, 0) is 11.2 Å². The molecule has 1 N–H and O–H groups in total. The van der Waals surface area contributed by atoms with Gasteiger partial charge in [-0.15, -0.1) is 0 Å². The van der Waals surface area contributed by atoms with Gasteiger partial charge in [-0.25, -0.2) is 0 Å². The molecule has 0 saturated heterocycles. The Hall–Kier alpha value is -1.64. The lowest BCUT2D eigenvalue weighted by Crippen LogP contribution is -2.04. The van der Waals surface area contributed by atoms with E-state index in [1.807, 2.05) is 31.2 Å². The van der Waals surface area contributed by atoms with Gasteiger partial charge in [-0.3, -0.25) is 4.79 Å². The van der Waals surface area contributed by atoms with Crippen molar-refractivity contribution in [2.24, 2.45) is 5.16 Å². The van der Waals surface area contributed by atoms with E-state index >= 15 is 0 Å². The summed E-state index contributed by atoms with van der Waals surface area (Å²) in [5.41, 5.74) is 2.04. The van der Waals surface area contributed by atoms with Crippen LogP contribution < -0.4 is 0 Å². The second kappa shape index (κ2) is 4.40. The molecule has 0 radical (unpaired) electrons. The lowest BCUT2D eigenvalue weighted by Gasteiger charge is -2.00. The predicted molar refractivity (Wildman–Crippen MR) is 50.2 cm³/mol. The zero-order valence-corrected chi connectivity index (χ0v) is 7.40. The van der Waals surface area contributed by atoms with Crippen LogP contribution in [0.5, 0.6) is 0 Å². The Labute approximate surface area is 76.7 Å². The zero-order valence-electron chi connectivity index (χ0n) is 7.40. The third-order valence-electron chi connectivity index (χ3n) is 1.83. The fourth-order valence-electron chi connectivity index (χ4n) is 1.11. The van der Waals surface area contributed by atoms with Gasteiger partial charge in [0.25, 0.3) is 0 Å².